The summed E-state index contributed by atoms with van der Waals surface area (Å²) in [7, 11) is -34.7. The highest BCUT2D eigenvalue weighted by atomic mass is 32.3. The normalized spacial score (nSPS) is 15.7. The predicted octanol–water partition coefficient (Wildman–Crippen LogP) is 1.88. The van der Waals surface area contributed by atoms with Gasteiger partial charge in [-0.3, -0.25) is 0 Å². The maximum Gasteiger partial charge on any atom is 0.390 e. The maximum absolute atomic E-state index is 14.5. The zero-order valence-electron chi connectivity index (χ0n) is 18.4. The van der Waals surface area contributed by atoms with E-state index >= 15 is 0 Å². The summed E-state index contributed by atoms with van der Waals surface area (Å²) >= 11 is 0. The summed E-state index contributed by atoms with van der Waals surface area (Å²) in [6.07, 6.45) is -0.831. The summed E-state index contributed by atoms with van der Waals surface area (Å²) < 4.78 is 147. The molecule has 0 aromatic rings. The van der Waals surface area contributed by atoms with Crippen molar-refractivity contribution in [2.24, 2.45) is 0 Å². The highest BCUT2D eigenvalue weighted by Crippen LogP contribution is 2.37. The fraction of sp³-hybridized carbons (Fsp3) is 1.00. The molecule has 0 aromatic carbocycles. The molecule has 0 heterocycles. The van der Waals surface area contributed by atoms with Crippen molar-refractivity contribution < 1.29 is 49.2 Å². The molecular formula is C10H27F4N3O8S4Si3. The van der Waals surface area contributed by atoms with Gasteiger partial charge in [0.1, 0.15) is 16.5 Å². The van der Waals surface area contributed by atoms with E-state index in [2.05, 4.69) is 0 Å². The fourth-order valence-electron chi connectivity index (χ4n) is 3.72. The first kappa shape index (κ1) is 32.1. The SMILES string of the molecule is C[Si](C)(C)N([Si](C)(CCCN(S(=O)(=O)F)S(=O)(=O)F)N([Si](C)(C)C)S(=O)(=O)F)S(=O)(=O)F. The second kappa shape index (κ2) is 9.60. The summed E-state index contributed by atoms with van der Waals surface area (Å²) in [4.78, 5) is 0. The highest BCUT2D eigenvalue weighted by Gasteiger charge is 2.59. The van der Waals surface area contributed by atoms with Gasteiger partial charge in [0.05, 0.1) is 0 Å². The van der Waals surface area contributed by atoms with Crippen molar-refractivity contribution in [3.8, 4) is 0 Å². The summed E-state index contributed by atoms with van der Waals surface area (Å²) in [5, 5.41) is 0. The molecule has 0 unspecified atom stereocenters. The summed E-state index contributed by atoms with van der Waals surface area (Å²) in [6.45, 7) is 7.56. The lowest BCUT2D eigenvalue weighted by atomic mass is 10.5. The Kier molecular flexibility index (Phi) is 9.61. The van der Waals surface area contributed by atoms with Crippen molar-refractivity contribution in [2.45, 2.75) is 58.3 Å². The van der Waals surface area contributed by atoms with Gasteiger partial charge in [-0.15, -0.1) is 0 Å². The van der Waals surface area contributed by atoms with Crippen molar-refractivity contribution in [2.75, 3.05) is 6.54 Å². The Morgan fingerprint density at radius 3 is 1.03 bits per heavy atom. The van der Waals surface area contributed by atoms with Crippen LogP contribution in [-0.2, 0) is 41.6 Å². The Labute approximate surface area is 191 Å². The molecule has 0 N–H and O–H groups in total. The summed E-state index contributed by atoms with van der Waals surface area (Å²) in [5.41, 5.74) is 0. The van der Waals surface area contributed by atoms with E-state index in [1.54, 1.807) is 0 Å². The monoisotopic (exact) mass is 605 g/mol. The molecule has 0 radical (unpaired) electrons. The maximum atomic E-state index is 14.5. The molecule has 22 heteroatoms. The van der Waals surface area contributed by atoms with Gasteiger partial charge in [-0.1, -0.05) is 54.8 Å². The van der Waals surface area contributed by atoms with Gasteiger partial charge in [0.15, 0.2) is 0 Å². The molecule has 0 saturated carbocycles. The Bertz CT molecular complexity index is 1040. The first-order chi connectivity index (χ1) is 13.6. The van der Waals surface area contributed by atoms with Crippen molar-refractivity contribution >= 4 is 66.5 Å². The molecule has 32 heavy (non-hydrogen) atoms. The van der Waals surface area contributed by atoms with E-state index in [1.165, 1.54) is 39.3 Å². The van der Waals surface area contributed by atoms with Gasteiger partial charge in [-0.2, -0.15) is 33.7 Å². The molecule has 0 saturated heterocycles. The molecule has 0 bridgehead atoms. The Morgan fingerprint density at radius 1 is 0.562 bits per heavy atom. The zero-order chi connectivity index (χ0) is 26.4. The van der Waals surface area contributed by atoms with Gasteiger partial charge < -0.3 is 0 Å². The van der Waals surface area contributed by atoms with Crippen LogP contribution in [0.4, 0.5) is 15.5 Å². The molecule has 0 aliphatic rings. The number of hydrogen-bond acceptors (Lipinski definition) is 8. The Balaban J connectivity index is 6.87. The lowest BCUT2D eigenvalue weighted by Gasteiger charge is -2.50. The summed E-state index contributed by atoms with van der Waals surface area (Å²) in [5.74, 6) is 0. The molecule has 0 aromatic heterocycles. The van der Waals surface area contributed by atoms with Crippen molar-refractivity contribution in [1.82, 2.24) is 11.0 Å². The second-order valence-electron chi connectivity index (χ2n) is 8.96. The second-order valence-corrected chi connectivity index (χ2v) is 29.7. The van der Waals surface area contributed by atoms with Gasteiger partial charge in [0.2, 0.25) is 8.40 Å². The van der Waals surface area contributed by atoms with E-state index in [0.717, 1.165) is 6.55 Å². The van der Waals surface area contributed by atoms with E-state index in [1.807, 2.05) is 0 Å². The molecule has 11 nitrogen and oxygen atoms in total. The quantitative estimate of drug-likeness (QED) is 0.186. The van der Waals surface area contributed by atoms with Gasteiger partial charge in [-0.25, -0.2) is 7.27 Å². The van der Waals surface area contributed by atoms with Gasteiger partial charge in [0.25, 0.3) is 0 Å². The molecule has 0 aliphatic heterocycles. The van der Waals surface area contributed by atoms with Gasteiger partial charge >= 0.3 is 41.6 Å². The lowest BCUT2D eigenvalue weighted by Crippen LogP contribution is -2.76. The first-order valence-electron chi connectivity index (χ1n) is 8.75. The fourth-order valence-corrected chi connectivity index (χ4v) is 30.4. The summed E-state index contributed by atoms with van der Waals surface area (Å²) in [6, 6.07) is -0.768. The van der Waals surface area contributed by atoms with Crippen LogP contribution in [0.15, 0.2) is 0 Å². The van der Waals surface area contributed by atoms with Crippen LogP contribution in [0, 0.1) is 0 Å². The van der Waals surface area contributed by atoms with Crippen LogP contribution in [0.3, 0.4) is 0 Å². The largest absolute Gasteiger partial charge is 0.390 e. The first-order valence-corrected chi connectivity index (χ1v) is 23.6. The van der Waals surface area contributed by atoms with E-state index in [0.29, 0.717) is 7.27 Å². The molecule has 0 fully saturated rings. The topological polar surface area (TPSA) is 146 Å². The van der Waals surface area contributed by atoms with E-state index in [4.69, 9.17) is 0 Å². The predicted molar refractivity (Wildman–Crippen MR) is 118 cm³/mol. The van der Waals surface area contributed by atoms with Crippen molar-refractivity contribution in [3.63, 3.8) is 0 Å². The third kappa shape index (κ3) is 8.37. The van der Waals surface area contributed by atoms with Gasteiger partial charge in [-0.05, 0) is 22.7 Å². The highest BCUT2D eigenvalue weighted by molar-refractivity contribution is 7.99. The Hall–Kier alpha value is 0.0506. The molecule has 194 valence electrons. The number of nitrogens with zero attached hydrogens (tertiary/aromatic N) is 3. The van der Waals surface area contributed by atoms with Crippen LogP contribution >= 0.6 is 0 Å². The number of hydrogen-bond donors (Lipinski definition) is 0. The molecule has 0 rings (SSSR count). The molecular weight excluding hydrogens is 579 g/mol. The van der Waals surface area contributed by atoms with Gasteiger partial charge in [0, 0.05) is 6.54 Å². The molecule has 0 aliphatic carbocycles. The van der Waals surface area contributed by atoms with Crippen LogP contribution in [-0.4, -0.2) is 76.1 Å². The number of rotatable bonds is 12. The van der Waals surface area contributed by atoms with Crippen LogP contribution < -0.4 is 0 Å². The smallest absolute Gasteiger partial charge is 0.206 e. The minimum absolute atomic E-state index is 0.306. The van der Waals surface area contributed by atoms with Crippen molar-refractivity contribution in [1.29, 1.82) is 0 Å². The molecule has 0 spiro atoms. The third-order valence-electron chi connectivity index (χ3n) is 4.01. The number of halogens is 4. The molecule has 0 atom stereocenters. The minimum atomic E-state index is -6.10. The zero-order valence-corrected chi connectivity index (χ0v) is 24.6. The molecule has 0 amide bonds. The van der Waals surface area contributed by atoms with Crippen LogP contribution in [0.1, 0.15) is 6.42 Å². The Morgan fingerprint density at radius 2 is 0.844 bits per heavy atom. The standard InChI is InChI=1S/C10H27F4N3O8S4Si3/c1-30(2,3)16(28(13,22)23)32(7,17(29(14,24)25)31(4,5)6)10-8-9-15(26(11,18)19)27(12,20)21/h8-10H2,1-7H3. The van der Waals surface area contributed by atoms with E-state index < -0.39 is 89.2 Å². The van der Waals surface area contributed by atoms with Crippen LogP contribution in [0.2, 0.25) is 51.9 Å². The lowest BCUT2D eigenvalue weighted by molar-refractivity contribution is 0.439. The van der Waals surface area contributed by atoms with E-state index in [9.17, 15) is 49.2 Å². The van der Waals surface area contributed by atoms with E-state index in [-0.39, 0.29) is 0 Å². The van der Waals surface area contributed by atoms with Crippen LogP contribution in [0.25, 0.3) is 0 Å². The minimum Gasteiger partial charge on any atom is -0.206 e. The average molecular weight is 606 g/mol. The van der Waals surface area contributed by atoms with Crippen LogP contribution in [0.5, 0.6) is 0 Å². The van der Waals surface area contributed by atoms with Crippen molar-refractivity contribution in [3.05, 3.63) is 0 Å². The third-order valence-corrected chi connectivity index (χ3v) is 28.0. The average Bonchev–Trinajstić information content (AvgIpc) is 2.32.